The molecule has 3 heteroatoms. The van der Waals surface area contributed by atoms with Crippen LogP contribution in [-0.2, 0) is 4.74 Å². The van der Waals surface area contributed by atoms with E-state index in [2.05, 4.69) is 82.1 Å². The van der Waals surface area contributed by atoms with Gasteiger partial charge < -0.3 is 0 Å². The molecule has 3 saturated carbocycles. The van der Waals surface area contributed by atoms with Gasteiger partial charge in [0, 0.05) is 0 Å². The first-order valence-corrected chi connectivity index (χ1v) is 30.6. The minimum atomic E-state index is -2.33. The molecule has 8 atom stereocenters. The molecule has 0 unspecified atom stereocenters. The molecule has 0 amide bonds. The Labute approximate surface area is 249 Å². The predicted octanol–water partition coefficient (Wildman–Crippen LogP) is 11.4. The summed E-state index contributed by atoms with van der Waals surface area (Å²) in [7, 11) is -1.34. The fourth-order valence-corrected chi connectivity index (χ4v) is 21.2. The topological polar surface area (TPSA) is 9.23 Å². The van der Waals surface area contributed by atoms with Crippen LogP contribution in [0.4, 0.5) is 0 Å². The summed E-state index contributed by atoms with van der Waals surface area (Å²) in [6.45, 7) is 22.7. The van der Waals surface area contributed by atoms with Crippen LogP contribution in [0.3, 0.4) is 0 Å². The Kier molecular flexibility index (Phi) is 9.72. The van der Waals surface area contributed by atoms with Gasteiger partial charge in [-0.15, -0.1) is 0 Å². The van der Waals surface area contributed by atoms with E-state index in [0.717, 1.165) is 35.5 Å². The maximum absolute atomic E-state index is 7.11. The second-order valence-corrected chi connectivity index (χ2v) is 37.1. The Balaban J connectivity index is 1.48. The van der Waals surface area contributed by atoms with Gasteiger partial charge in [0.1, 0.15) is 0 Å². The Hall–Kier alpha value is 0.296. The van der Waals surface area contributed by atoms with Crippen LogP contribution >= 0.6 is 0 Å². The number of ether oxygens (including phenoxy) is 1. The van der Waals surface area contributed by atoms with Crippen molar-refractivity contribution in [3.05, 3.63) is 20.6 Å². The summed E-state index contributed by atoms with van der Waals surface area (Å²) in [4.78, 5) is 7.68. The van der Waals surface area contributed by atoms with Crippen molar-refractivity contribution < 1.29 is 4.74 Å². The first kappa shape index (κ1) is 32.2. The predicted molar refractivity (Wildman–Crippen MR) is 177 cm³/mol. The second kappa shape index (κ2) is 11.8. The molecule has 0 aromatic carbocycles. The first-order valence-electron chi connectivity index (χ1n) is 17.1. The molecule has 4 aliphatic rings. The van der Waals surface area contributed by atoms with Gasteiger partial charge in [-0.3, -0.25) is 0 Å². The van der Waals surface area contributed by atoms with Crippen molar-refractivity contribution in [3.63, 3.8) is 0 Å². The Morgan fingerprint density at radius 3 is 2.28 bits per heavy atom. The average molecular weight is 662 g/mol. The molecule has 0 N–H and O–H groups in total. The van der Waals surface area contributed by atoms with E-state index >= 15 is 0 Å². The molecule has 4 rings (SSSR count). The van der Waals surface area contributed by atoms with E-state index in [-0.39, 0.29) is 0 Å². The molecular formula is C36H66OSiSn. The molecule has 0 saturated heterocycles. The van der Waals surface area contributed by atoms with Crippen molar-refractivity contribution in [2.45, 2.75) is 153 Å². The summed E-state index contributed by atoms with van der Waals surface area (Å²) in [6, 6.07) is 0. The summed E-state index contributed by atoms with van der Waals surface area (Å²) in [5.41, 5.74) is 2.80. The van der Waals surface area contributed by atoms with Crippen molar-refractivity contribution >= 4 is 26.5 Å². The molecule has 0 aromatic heterocycles. The summed E-state index contributed by atoms with van der Waals surface area (Å²) in [5, 5.41) is 1.65. The van der Waals surface area contributed by atoms with Gasteiger partial charge in [-0.2, -0.15) is 0 Å². The minimum absolute atomic E-state index is 0.412. The van der Waals surface area contributed by atoms with E-state index in [4.69, 9.17) is 4.74 Å². The molecule has 4 aliphatic carbocycles. The molecule has 224 valence electrons. The summed E-state index contributed by atoms with van der Waals surface area (Å²) in [6.07, 6.45) is 18.6. The molecule has 3 fully saturated rings. The molecular weight excluding hydrogens is 595 g/mol. The summed E-state index contributed by atoms with van der Waals surface area (Å²) in [5.74, 6) is 5.52. The molecule has 0 heterocycles. The third-order valence-electron chi connectivity index (χ3n) is 12.7. The van der Waals surface area contributed by atoms with Gasteiger partial charge in [0.25, 0.3) is 0 Å². The zero-order chi connectivity index (χ0) is 29.0. The fraction of sp³-hybridized carbons (Fsp3) is 0.889. The van der Waals surface area contributed by atoms with Gasteiger partial charge in [-0.1, -0.05) is 40.0 Å². The van der Waals surface area contributed by atoms with Crippen LogP contribution in [0, 0.1) is 46.3 Å². The molecule has 1 nitrogen and oxygen atoms in total. The Bertz CT molecular complexity index is 935. The van der Waals surface area contributed by atoms with Gasteiger partial charge in [0.15, 0.2) is 0 Å². The fourth-order valence-electron chi connectivity index (χ4n) is 10.1. The van der Waals surface area contributed by atoms with E-state index in [1.165, 1.54) is 74.4 Å². The third-order valence-corrected chi connectivity index (χ3v) is 21.2. The monoisotopic (exact) mass is 662 g/mol. The summed E-state index contributed by atoms with van der Waals surface area (Å²) < 4.78 is 8.63. The molecule has 0 bridgehead atoms. The van der Waals surface area contributed by atoms with E-state index in [9.17, 15) is 0 Å². The molecule has 0 spiro atoms. The maximum atomic E-state index is 7.11. The molecule has 0 radical (unpaired) electrons. The zero-order valence-electron chi connectivity index (χ0n) is 28.3. The normalized spacial score (nSPS) is 38.4. The van der Waals surface area contributed by atoms with E-state index in [0.29, 0.717) is 16.9 Å². The van der Waals surface area contributed by atoms with Crippen LogP contribution in [0.2, 0.25) is 34.5 Å². The van der Waals surface area contributed by atoms with Crippen LogP contribution in [0.5, 0.6) is 0 Å². The van der Waals surface area contributed by atoms with Gasteiger partial charge in [0.05, 0.1) is 0 Å². The average Bonchev–Trinajstić information content (AvgIpc) is 3.17. The number of allylic oxidation sites excluding steroid dienone is 2. The third kappa shape index (κ3) is 6.47. The Morgan fingerprint density at radius 2 is 1.67 bits per heavy atom. The first-order chi connectivity index (χ1) is 18.0. The van der Waals surface area contributed by atoms with Gasteiger partial charge in [0.2, 0.25) is 0 Å². The van der Waals surface area contributed by atoms with Gasteiger partial charge >= 0.3 is 205 Å². The zero-order valence-corrected chi connectivity index (χ0v) is 32.2. The molecule has 0 aromatic rings. The van der Waals surface area contributed by atoms with Gasteiger partial charge in [-0.25, -0.2) is 0 Å². The van der Waals surface area contributed by atoms with Crippen LogP contribution in [-0.4, -0.2) is 32.6 Å². The van der Waals surface area contributed by atoms with Crippen molar-refractivity contribution in [3.8, 4) is 0 Å². The number of rotatable bonds is 9. The van der Waals surface area contributed by atoms with E-state index in [1.54, 1.807) is 10.8 Å². The summed E-state index contributed by atoms with van der Waals surface area (Å²) >= 11 is -2.33. The van der Waals surface area contributed by atoms with Crippen molar-refractivity contribution in [2.75, 3.05) is 0 Å². The number of fused-ring (bicyclic) bond motifs is 5. The van der Waals surface area contributed by atoms with Crippen LogP contribution < -0.4 is 0 Å². The number of hydrogen-bond acceptors (Lipinski definition) is 1. The molecule has 0 aliphatic heterocycles. The second-order valence-electron chi connectivity index (χ2n) is 17.7. The molecule has 39 heavy (non-hydrogen) atoms. The van der Waals surface area contributed by atoms with Crippen LogP contribution in [0.25, 0.3) is 0 Å². The number of hydrogen-bond donors (Lipinski definition) is 0. The quantitative estimate of drug-likeness (QED) is 0.136. The van der Waals surface area contributed by atoms with Crippen molar-refractivity contribution in [1.82, 2.24) is 0 Å². The van der Waals surface area contributed by atoms with E-state index < -0.39 is 26.5 Å². The SMILES string of the molecule is C/C(=[C](\O[C@H]1CC[C@@]2(C)C(=CC[C@H]3[C@@H]4CC[C@H]([C@H](C)CCCC(C)C)[C@@]4(C)CC[C@@H]32)C1)[Sn]([CH3])([CH3])[CH3])[Si](C)(C)C. The van der Waals surface area contributed by atoms with Crippen LogP contribution in [0.1, 0.15) is 112 Å². The Morgan fingerprint density at radius 1 is 0.974 bits per heavy atom. The van der Waals surface area contributed by atoms with E-state index in [1.807, 2.05) is 0 Å². The van der Waals surface area contributed by atoms with Gasteiger partial charge in [-0.05, 0) is 5.92 Å². The van der Waals surface area contributed by atoms with Crippen LogP contribution in [0.15, 0.2) is 20.6 Å². The standard InChI is InChI=1S/C33H57OSi.3CH3.Sn/c1-23(2)11-10-12-24(3)29-15-16-30-28-14-13-26-21-27(34-22-25(4)35(7,8)9)17-19-32(26,5)31(28)18-20-33(29,30)6;;;;/h13,23-24,27-31H,10-12,14-21H2,1-9H3;3*1H3;/t24-,27+,28+,29-,30+,31+,32+,33-;;;;/m1..../s1. The van der Waals surface area contributed by atoms with Crippen molar-refractivity contribution in [2.24, 2.45) is 46.3 Å². The van der Waals surface area contributed by atoms with Crippen molar-refractivity contribution in [1.29, 1.82) is 0 Å².